The summed E-state index contributed by atoms with van der Waals surface area (Å²) in [6.07, 6.45) is 5.31. The van der Waals surface area contributed by atoms with Gasteiger partial charge in [0, 0.05) is 18.6 Å². The van der Waals surface area contributed by atoms with E-state index in [1.54, 1.807) is 0 Å². The molecule has 2 atom stereocenters. The molecular formula is C15H24N2. The fourth-order valence-electron chi connectivity index (χ4n) is 2.82. The van der Waals surface area contributed by atoms with Crippen LogP contribution in [0.15, 0.2) is 30.3 Å². The zero-order valence-electron chi connectivity index (χ0n) is 10.8. The molecule has 1 saturated heterocycles. The number of hydrogen-bond acceptors (Lipinski definition) is 2. The Morgan fingerprint density at radius 2 is 2.06 bits per heavy atom. The molecule has 1 aromatic carbocycles. The van der Waals surface area contributed by atoms with Crippen LogP contribution in [-0.2, 0) is 0 Å². The van der Waals surface area contributed by atoms with Gasteiger partial charge in [-0.3, -0.25) is 4.90 Å². The molecule has 2 N–H and O–H groups in total. The molecule has 0 aromatic heterocycles. The van der Waals surface area contributed by atoms with Crippen molar-refractivity contribution in [2.75, 3.05) is 13.1 Å². The summed E-state index contributed by atoms with van der Waals surface area (Å²) in [4.78, 5) is 2.58. The lowest BCUT2D eigenvalue weighted by Crippen LogP contribution is -2.42. The average Bonchev–Trinajstić information content (AvgIpc) is 2.40. The topological polar surface area (TPSA) is 29.3 Å². The number of hydrogen-bond donors (Lipinski definition) is 1. The number of nitrogens with two attached hydrogens (primary N) is 1. The van der Waals surface area contributed by atoms with Crippen molar-refractivity contribution in [3.63, 3.8) is 0 Å². The van der Waals surface area contributed by atoms with E-state index >= 15 is 0 Å². The van der Waals surface area contributed by atoms with E-state index < -0.39 is 0 Å². The van der Waals surface area contributed by atoms with Gasteiger partial charge < -0.3 is 5.73 Å². The fourth-order valence-corrected chi connectivity index (χ4v) is 2.82. The van der Waals surface area contributed by atoms with Crippen molar-refractivity contribution in [2.45, 2.75) is 44.7 Å². The number of piperidine rings is 1. The molecule has 0 bridgehead atoms. The first kappa shape index (κ1) is 12.6. The Labute approximate surface area is 105 Å². The van der Waals surface area contributed by atoms with E-state index in [1.807, 2.05) is 6.07 Å². The molecule has 2 heteroatoms. The lowest BCUT2D eigenvalue weighted by atomic mass is 9.98. The van der Waals surface area contributed by atoms with Crippen LogP contribution >= 0.6 is 0 Å². The molecule has 0 spiro atoms. The molecule has 17 heavy (non-hydrogen) atoms. The van der Waals surface area contributed by atoms with Gasteiger partial charge in [0.2, 0.25) is 0 Å². The van der Waals surface area contributed by atoms with Crippen LogP contribution in [0.4, 0.5) is 0 Å². The maximum absolute atomic E-state index is 6.30. The molecule has 0 amide bonds. The average molecular weight is 232 g/mol. The first-order chi connectivity index (χ1) is 8.31. The predicted molar refractivity (Wildman–Crippen MR) is 72.9 cm³/mol. The third kappa shape index (κ3) is 3.30. The second kappa shape index (κ2) is 6.18. The van der Waals surface area contributed by atoms with Gasteiger partial charge in [-0.15, -0.1) is 0 Å². The summed E-state index contributed by atoms with van der Waals surface area (Å²) in [5.74, 6) is 0. The first-order valence-electron chi connectivity index (χ1n) is 6.86. The van der Waals surface area contributed by atoms with Crippen molar-refractivity contribution in [1.82, 2.24) is 4.90 Å². The van der Waals surface area contributed by atoms with E-state index in [0.29, 0.717) is 0 Å². The molecule has 1 aliphatic heterocycles. The van der Waals surface area contributed by atoms with Gasteiger partial charge in [0.15, 0.2) is 0 Å². The molecule has 1 heterocycles. The van der Waals surface area contributed by atoms with Crippen molar-refractivity contribution in [3.8, 4) is 0 Å². The van der Waals surface area contributed by atoms with Gasteiger partial charge in [0.05, 0.1) is 0 Å². The molecule has 1 aromatic rings. The highest BCUT2D eigenvalue weighted by Gasteiger charge is 2.22. The van der Waals surface area contributed by atoms with E-state index in [9.17, 15) is 0 Å². The molecule has 2 nitrogen and oxygen atoms in total. The van der Waals surface area contributed by atoms with Crippen molar-refractivity contribution >= 4 is 0 Å². The van der Waals surface area contributed by atoms with Crippen LogP contribution in [0.5, 0.6) is 0 Å². The van der Waals surface area contributed by atoms with Gasteiger partial charge in [0.1, 0.15) is 0 Å². The summed E-state index contributed by atoms with van der Waals surface area (Å²) in [7, 11) is 0. The van der Waals surface area contributed by atoms with E-state index in [1.165, 1.54) is 37.8 Å². The maximum Gasteiger partial charge on any atom is 0.0424 e. The second-order valence-electron chi connectivity index (χ2n) is 5.07. The van der Waals surface area contributed by atoms with E-state index in [-0.39, 0.29) is 6.04 Å². The molecule has 2 rings (SSSR count). The summed E-state index contributed by atoms with van der Waals surface area (Å²) < 4.78 is 0. The quantitative estimate of drug-likeness (QED) is 0.865. The molecule has 1 fully saturated rings. The highest BCUT2D eigenvalue weighted by molar-refractivity contribution is 5.18. The molecule has 0 aliphatic carbocycles. The monoisotopic (exact) mass is 232 g/mol. The number of nitrogens with zero attached hydrogens (tertiary/aromatic N) is 1. The minimum absolute atomic E-state index is 0.156. The number of benzene rings is 1. The Kier molecular flexibility index (Phi) is 4.57. The minimum atomic E-state index is 0.156. The predicted octanol–water partition coefficient (Wildman–Crippen LogP) is 2.95. The largest absolute Gasteiger partial charge is 0.323 e. The highest BCUT2D eigenvalue weighted by Crippen LogP contribution is 2.22. The molecule has 1 aliphatic rings. The molecule has 0 saturated carbocycles. The first-order valence-corrected chi connectivity index (χ1v) is 6.86. The zero-order chi connectivity index (χ0) is 12.1. The number of likely N-dealkylation sites (tertiary alicyclic amines) is 1. The zero-order valence-corrected chi connectivity index (χ0v) is 10.8. The number of rotatable bonds is 4. The van der Waals surface area contributed by atoms with Gasteiger partial charge in [-0.2, -0.15) is 0 Å². The lowest BCUT2D eigenvalue weighted by molar-refractivity contribution is 0.136. The highest BCUT2D eigenvalue weighted by atomic mass is 15.2. The van der Waals surface area contributed by atoms with Gasteiger partial charge in [-0.25, -0.2) is 0 Å². The Bertz CT molecular complexity index is 323. The Balaban J connectivity index is 1.95. The summed E-state index contributed by atoms with van der Waals surface area (Å²) in [5.41, 5.74) is 7.56. The third-order valence-corrected chi connectivity index (χ3v) is 3.88. The van der Waals surface area contributed by atoms with Crippen molar-refractivity contribution in [3.05, 3.63) is 35.9 Å². The second-order valence-corrected chi connectivity index (χ2v) is 5.07. The van der Waals surface area contributed by atoms with Crippen LogP contribution < -0.4 is 5.73 Å². The van der Waals surface area contributed by atoms with Crippen molar-refractivity contribution in [1.29, 1.82) is 0 Å². The SMILES string of the molecule is CCC1CCCCN1CC(N)c1ccccc1. The lowest BCUT2D eigenvalue weighted by Gasteiger charge is -2.36. The van der Waals surface area contributed by atoms with Gasteiger partial charge >= 0.3 is 0 Å². The molecule has 0 radical (unpaired) electrons. The van der Waals surface area contributed by atoms with Gasteiger partial charge in [0.25, 0.3) is 0 Å². The van der Waals surface area contributed by atoms with Gasteiger partial charge in [-0.05, 0) is 31.4 Å². The fraction of sp³-hybridized carbons (Fsp3) is 0.600. The van der Waals surface area contributed by atoms with Gasteiger partial charge in [-0.1, -0.05) is 43.7 Å². The Morgan fingerprint density at radius 1 is 1.29 bits per heavy atom. The van der Waals surface area contributed by atoms with E-state index in [0.717, 1.165) is 12.6 Å². The van der Waals surface area contributed by atoms with E-state index in [2.05, 4.69) is 36.1 Å². The van der Waals surface area contributed by atoms with Crippen LogP contribution in [0.25, 0.3) is 0 Å². The Hall–Kier alpha value is -0.860. The van der Waals surface area contributed by atoms with Crippen molar-refractivity contribution < 1.29 is 0 Å². The molecular weight excluding hydrogens is 208 g/mol. The smallest absolute Gasteiger partial charge is 0.0424 e. The summed E-state index contributed by atoms with van der Waals surface area (Å²) >= 11 is 0. The Morgan fingerprint density at radius 3 is 2.76 bits per heavy atom. The van der Waals surface area contributed by atoms with Crippen molar-refractivity contribution in [2.24, 2.45) is 5.73 Å². The molecule has 94 valence electrons. The third-order valence-electron chi connectivity index (χ3n) is 3.88. The summed E-state index contributed by atoms with van der Waals surface area (Å²) in [6, 6.07) is 11.4. The molecule has 2 unspecified atom stereocenters. The standard InChI is InChI=1S/C15H24N2/c1-2-14-10-6-7-11-17(14)12-15(16)13-8-4-3-5-9-13/h3-5,8-9,14-15H,2,6-7,10-12,16H2,1H3. The van der Waals surface area contributed by atoms with Crippen LogP contribution in [0.3, 0.4) is 0 Å². The van der Waals surface area contributed by atoms with Crippen LogP contribution in [0.1, 0.15) is 44.2 Å². The van der Waals surface area contributed by atoms with Crippen LogP contribution in [0, 0.1) is 0 Å². The summed E-state index contributed by atoms with van der Waals surface area (Å²) in [6.45, 7) is 4.51. The van der Waals surface area contributed by atoms with Crippen LogP contribution in [0.2, 0.25) is 0 Å². The van der Waals surface area contributed by atoms with Crippen LogP contribution in [-0.4, -0.2) is 24.0 Å². The van der Waals surface area contributed by atoms with E-state index in [4.69, 9.17) is 5.73 Å². The normalized spacial score (nSPS) is 23.5. The maximum atomic E-state index is 6.30. The minimum Gasteiger partial charge on any atom is -0.323 e. The summed E-state index contributed by atoms with van der Waals surface area (Å²) in [5, 5.41) is 0.